The lowest BCUT2D eigenvalue weighted by atomic mass is 10.1. The quantitative estimate of drug-likeness (QED) is 0.235. The number of piperazine rings is 1. The number of furan rings is 1. The summed E-state index contributed by atoms with van der Waals surface area (Å²) in [5.41, 5.74) is 2.41. The Labute approximate surface area is 246 Å². The number of nitrogens with zero attached hydrogens (tertiary/aromatic N) is 2. The highest BCUT2D eigenvalue weighted by Crippen LogP contribution is 2.35. The summed E-state index contributed by atoms with van der Waals surface area (Å²) in [7, 11) is 0. The topological polar surface area (TPSA) is 65.8 Å². The van der Waals surface area contributed by atoms with Crippen LogP contribution in [0, 0.1) is 6.92 Å². The molecular weight excluding hydrogens is 567 g/mol. The summed E-state index contributed by atoms with van der Waals surface area (Å²) >= 11 is 6.55. The van der Waals surface area contributed by atoms with Gasteiger partial charge in [-0.1, -0.05) is 47.5 Å². The number of benzene rings is 3. The van der Waals surface area contributed by atoms with Crippen molar-refractivity contribution in [3.05, 3.63) is 112 Å². The number of nitrogens with one attached hydrogen (secondary N) is 1. The molecule has 0 aliphatic carbocycles. The largest absolute Gasteiger partial charge is 0.457 e. The van der Waals surface area contributed by atoms with E-state index in [0.717, 1.165) is 17.7 Å². The number of anilines is 2. The first-order valence-corrected chi connectivity index (χ1v) is 13.6. The summed E-state index contributed by atoms with van der Waals surface area (Å²) in [6.45, 7) is 4.03. The molecular formula is C32H27ClF3N3O3. The number of aryl methyl sites for hydroxylation is 1. The minimum atomic E-state index is -4.46. The second-order valence-electron chi connectivity index (χ2n) is 9.88. The molecule has 1 aliphatic rings. The molecule has 1 aliphatic heterocycles. The molecule has 3 aromatic carbocycles. The van der Waals surface area contributed by atoms with E-state index < -0.39 is 17.6 Å². The van der Waals surface area contributed by atoms with Gasteiger partial charge in [0.15, 0.2) is 0 Å². The number of hydrogen-bond acceptors (Lipinski definition) is 4. The van der Waals surface area contributed by atoms with Gasteiger partial charge in [-0.2, -0.15) is 13.2 Å². The molecule has 2 amide bonds. The van der Waals surface area contributed by atoms with E-state index in [2.05, 4.69) is 5.32 Å². The second-order valence-corrected chi connectivity index (χ2v) is 10.3. The van der Waals surface area contributed by atoms with Crippen LogP contribution in [0.4, 0.5) is 24.5 Å². The summed E-state index contributed by atoms with van der Waals surface area (Å²) in [5, 5.41) is 3.31. The van der Waals surface area contributed by atoms with Crippen molar-refractivity contribution in [3.63, 3.8) is 0 Å². The zero-order valence-electron chi connectivity index (χ0n) is 22.6. The number of halogens is 4. The van der Waals surface area contributed by atoms with Crippen molar-refractivity contribution >= 4 is 40.9 Å². The van der Waals surface area contributed by atoms with Gasteiger partial charge < -0.3 is 19.5 Å². The van der Waals surface area contributed by atoms with Crippen molar-refractivity contribution in [1.82, 2.24) is 4.90 Å². The zero-order chi connectivity index (χ0) is 29.9. The standard InChI is InChI=1S/C32H27ClF3N3O3/c1-21-8-10-22(11-9-21)31(41)39-18-16-38(17-19-39)30-26(33)6-3-7-27(30)37-29(40)15-13-25-12-14-28(42-25)23-4-2-5-24(20-23)32(34,35)36/h2-15,20H,16-19H2,1H3,(H,37,40)/b15-13+. The minimum absolute atomic E-state index is 0.0263. The first-order valence-electron chi connectivity index (χ1n) is 13.2. The van der Waals surface area contributed by atoms with E-state index in [4.69, 9.17) is 16.0 Å². The van der Waals surface area contributed by atoms with Gasteiger partial charge in [0.1, 0.15) is 11.5 Å². The highest BCUT2D eigenvalue weighted by atomic mass is 35.5. The highest BCUT2D eigenvalue weighted by Gasteiger charge is 2.30. The van der Waals surface area contributed by atoms with E-state index in [1.807, 2.05) is 36.1 Å². The number of rotatable bonds is 6. The molecule has 0 bridgehead atoms. The van der Waals surface area contributed by atoms with Gasteiger partial charge in [-0.25, -0.2) is 0 Å². The highest BCUT2D eigenvalue weighted by molar-refractivity contribution is 6.34. The fourth-order valence-electron chi connectivity index (χ4n) is 4.73. The van der Waals surface area contributed by atoms with Crippen LogP contribution in [0.25, 0.3) is 17.4 Å². The van der Waals surface area contributed by atoms with Gasteiger partial charge in [-0.3, -0.25) is 9.59 Å². The smallest absolute Gasteiger partial charge is 0.416 e. The number of carbonyl (C=O) groups is 2. The van der Waals surface area contributed by atoms with Crippen molar-refractivity contribution in [2.75, 3.05) is 36.4 Å². The second kappa shape index (κ2) is 12.2. The van der Waals surface area contributed by atoms with Gasteiger partial charge in [0.2, 0.25) is 5.91 Å². The lowest BCUT2D eigenvalue weighted by Crippen LogP contribution is -2.49. The van der Waals surface area contributed by atoms with E-state index in [1.54, 1.807) is 35.2 Å². The average molecular weight is 594 g/mol. The molecule has 10 heteroatoms. The van der Waals surface area contributed by atoms with Gasteiger partial charge in [0.25, 0.3) is 5.91 Å². The minimum Gasteiger partial charge on any atom is -0.457 e. The van der Waals surface area contributed by atoms with Crippen molar-refractivity contribution in [3.8, 4) is 11.3 Å². The molecule has 0 spiro atoms. The van der Waals surface area contributed by atoms with Crippen molar-refractivity contribution in [2.45, 2.75) is 13.1 Å². The third kappa shape index (κ3) is 6.69. The fraction of sp³-hybridized carbons (Fsp3) is 0.188. The van der Waals surface area contributed by atoms with Gasteiger partial charge in [0.05, 0.1) is 22.0 Å². The van der Waals surface area contributed by atoms with E-state index >= 15 is 0 Å². The summed E-state index contributed by atoms with van der Waals surface area (Å²) in [4.78, 5) is 29.6. The Balaban J connectivity index is 1.23. The Morgan fingerprint density at radius 2 is 1.64 bits per heavy atom. The van der Waals surface area contributed by atoms with Crippen LogP contribution < -0.4 is 10.2 Å². The number of para-hydroxylation sites is 1. The summed E-state index contributed by atoms with van der Waals surface area (Å²) < 4.78 is 44.8. The number of alkyl halides is 3. The van der Waals surface area contributed by atoms with Crippen LogP contribution in [0.5, 0.6) is 0 Å². The first-order chi connectivity index (χ1) is 20.1. The van der Waals surface area contributed by atoms with Crippen molar-refractivity contribution in [2.24, 2.45) is 0 Å². The Kier molecular flexibility index (Phi) is 8.40. The van der Waals surface area contributed by atoms with Crippen LogP contribution in [0.15, 0.2) is 89.4 Å². The molecule has 0 saturated carbocycles. The Morgan fingerprint density at radius 3 is 2.36 bits per heavy atom. The maximum Gasteiger partial charge on any atom is 0.416 e. The van der Waals surface area contributed by atoms with Crippen LogP contribution in [0.1, 0.15) is 27.2 Å². The van der Waals surface area contributed by atoms with Gasteiger partial charge >= 0.3 is 6.18 Å². The molecule has 0 unspecified atom stereocenters. The molecule has 1 fully saturated rings. The van der Waals surface area contributed by atoms with E-state index in [0.29, 0.717) is 53.9 Å². The van der Waals surface area contributed by atoms with Gasteiger partial charge in [-0.15, -0.1) is 0 Å². The van der Waals surface area contributed by atoms with Crippen LogP contribution in [0.3, 0.4) is 0 Å². The van der Waals surface area contributed by atoms with E-state index in [1.165, 1.54) is 24.3 Å². The Bertz CT molecular complexity index is 1620. The Hall–Kier alpha value is -4.50. The normalized spacial score (nSPS) is 13.9. The van der Waals surface area contributed by atoms with Crippen LogP contribution >= 0.6 is 11.6 Å². The van der Waals surface area contributed by atoms with Crippen LogP contribution in [-0.4, -0.2) is 42.9 Å². The number of carbonyl (C=O) groups excluding carboxylic acids is 2. The summed E-state index contributed by atoms with van der Waals surface area (Å²) in [5.74, 6) is 0.0851. The van der Waals surface area contributed by atoms with Crippen LogP contribution in [-0.2, 0) is 11.0 Å². The predicted octanol–water partition coefficient (Wildman–Crippen LogP) is 7.54. The molecule has 1 saturated heterocycles. The molecule has 2 heterocycles. The molecule has 6 nitrogen and oxygen atoms in total. The molecule has 42 heavy (non-hydrogen) atoms. The zero-order valence-corrected chi connectivity index (χ0v) is 23.4. The molecule has 5 rings (SSSR count). The SMILES string of the molecule is Cc1ccc(C(=O)N2CCN(c3c(Cl)cccc3NC(=O)/C=C/c3ccc(-c4cccc(C(F)(F)F)c4)o3)CC2)cc1. The fourth-order valence-corrected chi connectivity index (χ4v) is 5.02. The summed E-state index contributed by atoms with van der Waals surface area (Å²) in [6.07, 6.45) is -1.75. The summed E-state index contributed by atoms with van der Waals surface area (Å²) in [6, 6.07) is 20.7. The van der Waals surface area contributed by atoms with Gasteiger partial charge in [0, 0.05) is 43.4 Å². The van der Waals surface area contributed by atoms with Crippen molar-refractivity contribution < 1.29 is 27.2 Å². The van der Waals surface area contributed by atoms with Crippen LogP contribution in [0.2, 0.25) is 5.02 Å². The molecule has 216 valence electrons. The first kappa shape index (κ1) is 29.0. The number of amides is 2. The lowest BCUT2D eigenvalue weighted by molar-refractivity contribution is -0.137. The van der Waals surface area contributed by atoms with Gasteiger partial charge in [-0.05, 0) is 61.5 Å². The average Bonchev–Trinajstić information content (AvgIpc) is 3.45. The molecule has 1 N–H and O–H groups in total. The third-order valence-corrected chi connectivity index (χ3v) is 7.23. The number of hydrogen-bond donors (Lipinski definition) is 1. The van der Waals surface area contributed by atoms with E-state index in [9.17, 15) is 22.8 Å². The maximum absolute atomic E-state index is 13.1. The van der Waals surface area contributed by atoms with Crippen molar-refractivity contribution in [1.29, 1.82) is 0 Å². The molecule has 0 radical (unpaired) electrons. The molecule has 1 aromatic heterocycles. The maximum atomic E-state index is 13.1. The lowest BCUT2D eigenvalue weighted by Gasteiger charge is -2.37. The third-order valence-electron chi connectivity index (χ3n) is 6.93. The molecule has 0 atom stereocenters. The molecule has 4 aromatic rings. The monoisotopic (exact) mass is 593 g/mol. The van der Waals surface area contributed by atoms with E-state index in [-0.39, 0.29) is 17.2 Å². The predicted molar refractivity (Wildman–Crippen MR) is 158 cm³/mol. The Morgan fingerprint density at radius 1 is 0.929 bits per heavy atom.